The molecule has 2 rings (SSSR count). The van der Waals surface area contributed by atoms with Gasteiger partial charge in [-0.25, -0.2) is 0 Å². The molecule has 0 aliphatic carbocycles. The smallest absolute Gasteiger partial charge is 0.0399 e. The molecule has 1 heterocycles. The van der Waals surface area contributed by atoms with Crippen LogP contribution in [-0.2, 0) is 0 Å². The van der Waals surface area contributed by atoms with Crippen LogP contribution in [0.15, 0.2) is 18.2 Å². The Hall–Kier alpha value is -1.02. The summed E-state index contributed by atoms with van der Waals surface area (Å²) in [6, 6.07) is 8.06. The number of hydrogen-bond donors (Lipinski definition) is 0. The Bertz CT molecular complexity index is 412. The number of rotatable bonds is 2. The quantitative estimate of drug-likeness (QED) is 0.790. The minimum absolute atomic E-state index is 0.600. The second-order valence-electron chi connectivity index (χ2n) is 5.92. The van der Waals surface area contributed by atoms with Crippen LogP contribution in [0.3, 0.4) is 0 Å². The zero-order valence-corrected chi connectivity index (χ0v) is 12.4. The van der Waals surface area contributed by atoms with Crippen molar-refractivity contribution >= 4 is 5.69 Å². The molecule has 0 radical (unpaired) electrons. The Balaban J connectivity index is 2.15. The fraction of sp³-hybridized carbons (Fsp3) is 0.625. The summed E-state index contributed by atoms with van der Waals surface area (Å²) in [5.74, 6) is 0. The maximum absolute atomic E-state index is 2.57. The summed E-state index contributed by atoms with van der Waals surface area (Å²) in [5, 5.41) is 0. The third-order valence-corrected chi connectivity index (χ3v) is 4.05. The van der Waals surface area contributed by atoms with Crippen LogP contribution in [-0.4, -0.2) is 36.6 Å². The fourth-order valence-corrected chi connectivity index (χ4v) is 2.94. The number of benzene rings is 1. The molecule has 2 nitrogen and oxygen atoms in total. The van der Waals surface area contributed by atoms with Crippen molar-refractivity contribution in [3.05, 3.63) is 29.3 Å². The van der Waals surface area contributed by atoms with E-state index < -0.39 is 0 Å². The standard InChI is InChI=1S/C16H26N2/c1-12(2)17-8-9-18(15(5)11-17)16-7-6-13(3)10-14(16)4/h6-7,10,12,15H,8-9,11H2,1-5H3. The van der Waals surface area contributed by atoms with Gasteiger partial charge in [-0.3, -0.25) is 4.90 Å². The number of anilines is 1. The lowest BCUT2D eigenvalue weighted by atomic mass is 10.1. The van der Waals surface area contributed by atoms with Gasteiger partial charge in [0.1, 0.15) is 0 Å². The largest absolute Gasteiger partial charge is 0.366 e. The average Bonchev–Trinajstić information content (AvgIpc) is 2.30. The Labute approximate surface area is 112 Å². The molecule has 1 aromatic carbocycles. The molecule has 1 unspecified atom stereocenters. The van der Waals surface area contributed by atoms with Crippen LogP contribution in [0.25, 0.3) is 0 Å². The minimum Gasteiger partial charge on any atom is -0.366 e. The average molecular weight is 246 g/mol. The Morgan fingerprint density at radius 2 is 1.89 bits per heavy atom. The van der Waals surface area contributed by atoms with Gasteiger partial charge in [-0.1, -0.05) is 17.7 Å². The first-order chi connectivity index (χ1) is 8.49. The van der Waals surface area contributed by atoms with Crippen molar-refractivity contribution in [2.45, 2.75) is 46.7 Å². The maximum atomic E-state index is 2.57. The first-order valence-electron chi connectivity index (χ1n) is 7.07. The molecule has 0 aromatic heterocycles. The first kappa shape index (κ1) is 13.4. The van der Waals surface area contributed by atoms with E-state index in [1.807, 2.05) is 0 Å². The van der Waals surface area contributed by atoms with Crippen LogP contribution < -0.4 is 4.90 Å². The second-order valence-corrected chi connectivity index (χ2v) is 5.92. The maximum Gasteiger partial charge on any atom is 0.0399 e. The van der Waals surface area contributed by atoms with Gasteiger partial charge in [-0.2, -0.15) is 0 Å². The van der Waals surface area contributed by atoms with Crippen LogP contribution in [0.1, 0.15) is 31.9 Å². The number of nitrogens with zero attached hydrogens (tertiary/aromatic N) is 2. The van der Waals surface area contributed by atoms with E-state index in [4.69, 9.17) is 0 Å². The van der Waals surface area contributed by atoms with Crippen molar-refractivity contribution in [3.8, 4) is 0 Å². The monoisotopic (exact) mass is 246 g/mol. The third-order valence-electron chi connectivity index (χ3n) is 4.05. The summed E-state index contributed by atoms with van der Waals surface area (Å²) < 4.78 is 0. The van der Waals surface area contributed by atoms with E-state index in [0.29, 0.717) is 12.1 Å². The van der Waals surface area contributed by atoms with Crippen LogP contribution in [0.2, 0.25) is 0 Å². The molecule has 2 heteroatoms. The van der Waals surface area contributed by atoms with Gasteiger partial charge in [0.25, 0.3) is 0 Å². The predicted molar refractivity (Wildman–Crippen MR) is 79.4 cm³/mol. The molecule has 0 amide bonds. The van der Waals surface area contributed by atoms with Gasteiger partial charge >= 0.3 is 0 Å². The molecule has 100 valence electrons. The van der Waals surface area contributed by atoms with Gasteiger partial charge in [-0.05, 0) is 46.2 Å². The fourth-order valence-electron chi connectivity index (χ4n) is 2.94. The van der Waals surface area contributed by atoms with E-state index in [0.717, 1.165) is 6.54 Å². The molecule has 1 fully saturated rings. The molecule has 1 saturated heterocycles. The highest BCUT2D eigenvalue weighted by Gasteiger charge is 2.25. The molecule has 0 bridgehead atoms. The second kappa shape index (κ2) is 5.31. The van der Waals surface area contributed by atoms with E-state index in [-0.39, 0.29) is 0 Å². The molecular weight excluding hydrogens is 220 g/mol. The summed E-state index contributed by atoms with van der Waals surface area (Å²) in [4.78, 5) is 5.14. The summed E-state index contributed by atoms with van der Waals surface area (Å²) in [7, 11) is 0. The molecule has 1 atom stereocenters. The molecular formula is C16H26N2. The van der Waals surface area contributed by atoms with Gasteiger partial charge in [0, 0.05) is 37.4 Å². The van der Waals surface area contributed by atoms with E-state index >= 15 is 0 Å². The van der Waals surface area contributed by atoms with Gasteiger partial charge in [0.15, 0.2) is 0 Å². The van der Waals surface area contributed by atoms with Gasteiger partial charge in [0.2, 0.25) is 0 Å². The van der Waals surface area contributed by atoms with E-state index in [9.17, 15) is 0 Å². The summed E-state index contributed by atoms with van der Waals surface area (Å²) >= 11 is 0. The molecule has 18 heavy (non-hydrogen) atoms. The van der Waals surface area contributed by atoms with Crippen LogP contribution in [0, 0.1) is 13.8 Å². The SMILES string of the molecule is Cc1ccc(N2CCN(C(C)C)CC2C)c(C)c1. The summed E-state index contributed by atoms with van der Waals surface area (Å²) in [6.07, 6.45) is 0. The lowest BCUT2D eigenvalue weighted by Crippen LogP contribution is -2.54. The molecule has 1 aliphatic heterocycles. The van der Waals surface area contributed by atoms with Crippen molar-refractivity contribution in [1.29, 1.82) is 0 Å². The van der Waals surface area contributed by atoms with E-state index in [1.165, 1.54) is 29.9 Å². The van der Waals surface area contributed by atoms with Crippen molar-refractivity contribution in [1.82, 2.24) is 4.90 Å². The minimum atomic E-state index is 0.600. The van der Waals surface area contributed by atoms with Gasteiger partial charge < -0.3 is 4.90 Å². The Morgan fingerprint density at radius 3 is 2.44 bits per heavy atom. The van der Waals surface area contributed by atoms with Crippen molar-refractivity contribution < 1.29 is 0 Å². The highest BCUT2D eigenvalue weighted by Crippen LogP contribution is 2.25. The predicted octanol–water partition coefficient (Wildman–Crippen LogP) is 3.22. The highest BCUT2D eigenvalue weighted by molar-refractivity contribution is 5.55. The van der Waals surface area contributed by atoms with Crippen molar-refractivity contribution in [2.24, 2.45) is 0 Å². The highest BCUT2D eigenvalue weighted by atomic mass is 15.3. The Morgan fingerprint density at radius 1 is 1.17 bits per heavy atom. The van der Waals surface area contributed by atoms with Gasteiger partial charge in [0.05, 0.1) is 0 Å². The zero-order valence-electron chi connectivity index (χ0n) is 12.4. The van der Waals surface area contributed by atoms with E-state index in [2.05, 4.69) is 62.6 Å². The third kappa shape index (κ3) is 2.69. The van der Waals surface area contributed by atoms with Crippen molar-refractivity contribution in [3.63, 3.8) is 0 Å². The molecule has 0 spiro atoms. The first-order valence-corrected chi connectivity index (χ1v) is 7.07. The zero-order chi connectivity index (χ0) is 13.3. The molecule has 0 saturated carbocycles. The number of hydrogen-bond acceptors (Lipinski definition) is 2. The van der Waals surface area contributed by atoms with Crippen molar-refractivity contribution in [2.75, 3.05) is 24.5 Å². The Kier molecular flexibility index (Phi) is 3.96. The van der Waals surface area contributed by atoms with Crippen LogP contribution >= 0.6 is 0 Å². The number of piperazine rings is 1. The topological polar surface area (TPSA) is 6.48 Å². The number of aryl methyl sites for hydroxylation is 2. The molecule has 0 N–H and O–H groups in total. The molecule has 1 aliphatic rings. The summed E-state index contributed by atoms with van der Waals surface area (Å²) in [5.41, 5.74) is 4.17. The lowest BCUT2D eigenvalue weighted by Gasteiger charge is -2.43. The van der Waals surface area contributed by atoms with Gasteiger partial charge in [-0.15, -0.1) is 0 Å². The lowest BCUT2D eigenvalue weighted by molar-refractivity contribution is 0.185. The normalized spacial score (nSPS) is 21.7. The molecule has 1 aromatic rings. The summed E-state index contributed by atoms with van der Waals surface area (Å²) in [6.45, 7) is 14.8. The van der Waals surface area contributed by atoms with E-state index in [1.54, 1.807) is 0 Å². The van der Waals surface area contributed by atoms with Crippen LogP contribution in [0.5, 0.6) is 0 Å². The van der Waals surface area contributed by atoms with Crippen LogP contribution in [0.4, 0.5) is 5.69 Å².